The number of nitrogens with one attached hydrogen (secondary N) is 1. The molecule has 1 heterocycles. The lowest BCUT2D eigenvalue weighted by molar-refractivity contribution is 0.413. The van der Waals surface area contributed by atoms with E-state index in [0.717, 1.165) is 18.7 Å². The molecule has 1 unspecified atom stereocenters. The standard InChI is InChI=1S/C16H21NOS/c1-4-8-17-16(15-11-19-10-12(15)2)13-6-5-7-14(9-13)18-3/h5-7,9-11,16-17H,4,8H2,1-3H3. The van der Waals surface area contributed by atoms with E-state index in [-0.39, 0.29) is 6.04 Å². The van der Waals surface area contributed by atoms with Gasteiger partial charge in [-0.3, -0.25) is 0 Å². The van der Waals surface area contributed by atoms with E-state index < -0.39 is 0 Å². The number of hydrogen-bond acceptors (Lipinski definition) is 3. The Morgan fingerprint density at radius 1 is 1.32 bits per heavy atom. The summed E-state index contributed by atoms with van der Waals surface area (Å²) in [4.78, 5) is 0. The fourth-order valence-corrected chi connectivity index (χ4v) is 3.06. The zero-order valence-corrected chi connectivity index (χ0v) is 12.6. The molecule has 0 bridgehead atoms. The summed E-state index contributed by atoms with van der Waals surface area (Å²) in [6, 6.07) is 8.57. The highest BCUT2D eigenvalue weighted by Crippen LogP contribution is 2.29. The van der Waals surface area contributed by atoms with Crippen LogP contribution < -0.4 is 10.1 Å². The molecule has 102 valence electrons. The third kappa shape index (κ3) is 3.37. The molecule has 0 spiro atoms. The Morgan fingerprint density at radius 2 is 2.16 bits per heavy atom. The SMILES string of the molecule is CCCNC(c1cccc(OC)c1)c1cscc1C. The number of thiophene rings is 1. The van der Waals surface area contributed by atoms with Crippen LogP contribution in [0.4, 0.5) is 0 Å². The first-order valence-corrected chi connectivity index (χ1v) is 7.60. The molecule has 2 rings (SSSR count). The maximum atomic E-state index is 5.33. The lowest BCUT2D eigenvalue weighted by Crippen LogP contribution is -2.23. The van der Waals surface area contributed by atoms with Crippen LogP contribution in [0.25, 0.3) is 0 Å². The monoisotopic (exact) mass is 275 g/mol. The van der Waals surface area contributed by atoms with Crippen molar-refractivity contribution in [3.05, 3.63) is 51.7 Å². The maximum Gasteiger partial charge on any atom is 0.119 e. The molecule has 1 aromatic heterocycles. The number of aryl methyl sites for hydroxylation is 1. The Hall–Kier alpha value is -1.32. The first-order chi connectivity index (χ1) is 9.26. The topological polar surface area (TPSA) is 21.3 Å². The van der Waals surface area contributed by atoms with E-state index in [1.54, 1.807) is 18.4 Å². The van der Waals surface area contributed by atoms with Crippen LogP contribution in [0.15, 0.2) is 35.0 Å². The van der Waals surface area contributed by atoms with Gasteiger partial charge >= 0.3 is 0 Å². The minimum absolute atomic E-state index is 0.251. The van der Waals surface area contributed by atoms with Crippen molar-refractivity contribution < 1.29 is 4.74 Å². The van der Waals surface area contributed by atoms with Gasteiger partial charge in [0.25, 0.3) is 0 Å². The van der Waals surface area contributed by atoms with Gasteiger partial charge in [-0.15, -0.1) is 0 Å². The highest BCUT2D eigenvalue weighted by Gasteiger charge is 2.16. The molecule has 1 atom stereocenters. The molecule has 0 aliphatic carbocycles. The second-order valence-electron chi connectivity index (χ2n) is 4.67. The number of methoxy groups -OCH3 is 1. The molecule has 2 nitrogen and oxygen atoms in total. The summed E-state index contributed by atoms with van der Waals surface area (Å²) in [6.45, 7) is 5.37. The molecule has 2 aromatic rings. The van der Waals surface area contributed by atoms with Gasteiger partial charge in [-0.05, 0) is 59.5 Å². The van der Waals surface area contributed by atoms with E-state index >= 15 is 0 Å². The van der Waals surface area contributed by atoms with Crippen LogP contribution in [0.2, 0.25) is 0 Å². The lowest BCUT2D eigenvalue weighted by Gasteiger charge is -2.20. The zero-order valence-electron chi connectivity index (χ0n) is 11.8. The Balaban J connectivity index is 2.34. The molecule has 1 N–H and O–H groups in total. The van der Waals surface area contributed by atoms with E-state index in [0.29, 0.717) is 0 Å². The van der Waals surface area contributed by atoms with Crippen molar-refractivity contribution in [2.45, 2.75) is 26.3 Å². The summed E-state index contributed by atoms with van der Waals surface area (Å²) in [5.41, 5.74) is 3.97. The van der Waals surface area contributed by atoms with E-state index in [4.69, 9.17) is 4.74 Å². The molecule has 0 saturated heterocycles. The fourth-order valence-electron chi connectivity index (χ4n) is 2.18. The predicted molar refractivity (Wildman–Crippen MR) is 82.2 cm³/mol. The second kappa shape index (κ2) is 6.73. The highest BCUT2D eigenvalue weighted by atomic mass is 32.1. The van der Waals surface area contributed by atoms with Gasteiger partial charge in [-0.25, -0.2) is 0 Å². The van der Waals surface area contributed by atoms with Crippen LogP contribution in [-0.4, -0.2) is 13.7 Å². The summed E-state index contributed by atoms with van der Waals surface area (Å²) < 4.78 is 5.33. The maximum absolute atomic E-state index is 5.33. The summed E-state index contributed by atoms with van der Waals surface area (Å²) >= 11 is 1.76. The fraction of sp³-hybridized carbons (Fsp3) is 0.375. The quantitative estimate of drug-likeness (QED) is 0.855. The first kappa shape index (κ1) is 14.1. The van der Waals surface area contributed by atoms with E-state index in [1.807, 2.05) is 6.07 Å². The van der Waals surface area contributed by atoms with Crippen molar-refractivity contribution in [2.24, 2.45) is 0 Å². The summed E-state index contributed by atoms with van der Waals surface area (Å²) in [7, 11) is 1.71. The van der Waals surface area contributed by atoms with Gasteiger partial charge in [0.15, 0.2) is 0 Å². The van der Waals surface area contributed by atoms with Crippen LogP contribution in [0.1, 0.15) is 36.1 Å². The van der Waals surface area contributed by atoms with Crippen LogP contribution in [0.3, 0.4) is 0 Å². The number of hydrogen-bond donors (Lipinski definition) is 1. The van der Waals surface area contributed by atoms with Gasteiger partial charge in [0.1, 0.15) is 5.75 Å². The van der Waals surface area contributed by atoms with Crippen LogP contribution >= 0.6 is 11.3 Å². The van der Waals surface area contributed by atoms with Gasteiger partial charge in [-0.2, -0.15) is 11.3 Å². The van der Waals surface area contributed by atoms with Gasteiger partial charge in [0.05, 0.1) is 13.2 Å². The van der Waals surface area contributed by atoms with E-state index in [2.05, 4.69) is 48.1 Å². The Bertz CT molecular complexity index is 521. The molecule has 0 aliphatic heterocycles. The third-order valence-corrected chi connectivity index (χ3v) is 4.11. The molecule has 0 amide bonds. The van der Waals surface area contributed by atoms with E-state index in [9.17, 15) is 0 Å². The minimum atomic E-state index is 0.251. The molecule has 0 aliphatic rings. The van der Waals surface area contributed by atoms with Crippen molar-refractivity contribution in [2.75, 3.05) is 13.7 Å². The van der Waals surface area contributed by atoms with Crippen molar-refractivity contribution in [3.8, 4) is 5.75 Å². The average molecular weight is 275 g/mol. The minimum Gasteiger partial charge on any atom is -0.497 e. The molecular formula is C16H21NOS. The third-order valence-electron chi connectivity index (χ3n) is 3.23. The van der Waals surface area contributed by atoms with Gasteiger partial charge in [0, 0.05) is 0 Å². The Kier molecular flexibility index (Phi) is 5.00. The van der Waals surface area contributed by atoms with Crippen molar-refractivity contribution in [3.63, 3.8) is 0 Å². The Labute approximate surface area is 119 Å². The molecule has 3 heteroatoms. The van der Waals surface area contributed by atoms with Gasteiger partial charge in [0.2, 0.25) is 0 Å². The second-order valence-corrected chi connectivity index (χ2v) is 5.42. The van der Waals surface area contributed by atoms with E-state index in [1.165, 1.54) is 16.7 Å². The largest absolute Gasteiger partial charge is 0.497 e. The summed E-state index contributed by atoms with van der Waals surface area (Å²) in [5, 5.41) is 8.07. The predicted octanol–water partition coefficient (Wildman–Crippen LogP) is 4.15. The Morgan fingerprint density at radius 3 is 2.79 bits per heavy atom. The van der Waals surface area contributed by atoms with Crippen molar-refractivity contribution >= 4 is 11.3 Å². The average Bonchev–Trinajstić information content (AvgIpc) is 2.86. The number of benzene rings is 1. The zero-order chi connectivity index (χ0) is 13.7. The summed E-state index contributed by atoms with van der Waals surface area (Å²) in [5.74, 6) is 0.911. The van der Waals surface area contributed by atoms with Gasteiger partial charge in [-0.1, -0.05) is 19.1 Å². The molecular weight excluding hydrogens is 254 g/mol. The van der Waals surface area contributed by atoms with Crippen LogP contribution in [-0.2, 0) is 0 Å². The summed E-state index contributed by atoms with van der Waals surface area (Å²) in [6.07, 6.45) is 1.13. The lowest BCUT2D eigenvalue weighted by atomic mass is 9.98. The smallest absolute Gasteiger partial charge is 0.119 e. The van der Waals surface area contributed by atoms with Gasteiger partial charge < -0.3 is 10.1 Å². The number of rotatable bonds is 6. The highest BCUT2D eigenvalue weighted by molar-refractivity contribution is 7.08. The first-order valence-electron chi connectivity index (χ1n) is 6.66. The van der Waals surface area contributed by atoms with Crippen LogP contribution in [0, 0.1) is 6.92 Å². The van der Waals surface area contributed by atoms with Crippen molar-refractivity contribution in [1.29, 1.82) is 0 Å². The normalized spacial score (nSPS) is 12.4. The van der Waals surface area contributed by atoms with Crippen LogP contribution in [0.5, 0.6) is 5.75 Å². The van der Waals surface area contributed by atoms with Crippen molar-refractivity contribution in [1.82, 2.24) is 5.32 Å². The molecule has 1 aromatic carbocycles. The number of ether oxygens (including phenoxy) is 1. The molecule has 0 radical (unpaired) electrons. The molecule has 0 fully saturated rings. The molecule has 19 heavy (non-hydrogen) atoms. The molecule has 0 saturated carbocycles.